The Kier molecular flexibility index (Phi) is 5.64. The number of benzene rings is 1. The number of hydrogen-bond donors (Lipinski definition) is 2. The number of H-pyrrole nitrogens is 1. The average Bonchev–Trinajstić information content (AvgIpc) is 3.10. The first kappa shape index (κ1) is 18.5. The topological polar surface area (TPSA) is 61.3 Å². The summed E-state index contributed by atoms with van der Waals surface area (Å²) >= 11 is 11.6. The van der Waals surface area contributed by atoms with Crippen molar-refractivity contribution in [2.75, 3.05) is 6.54 Å². The summed E-state index contributed by atoms with van der Waals surface area (Å²) < 4.78 is 5.43. The summed E-state index contributed by atoms with van der Waals surface area (Å²) in [6.07, 6.45) is 1.62. The summed E-state index contributed by atoms with van der Waals surface area (Å²) in [6, 6.07) is 9.36. The van der Waals surface area contributed by atoms with Crippen LogP contribution in [-0.4, -0.2) is 21.5 Å². The first-order valence-electron chi connectivity index (χ1n) is 8.35. The molecule has 0 spiro atoms. The lowest BCUT2D eigenvalue weighted by Gasteiger charge is -2.24. The van der Waals surface area contributed by atoms with Gasteiger partial charge >= 0.3 is 0 Å². The summed E-state index contributed by atoms with van der Waals surface area (Å²) in [7, 11) is 0. The molecule has 3 aromatic rings. The van der Waals surface area contributed by atoms with Gasteiger partial charge in [-0.3, -0.25) is 4.79 Å². The van der Waals surface area contributed by atoms with Gasteiger partial charge in [0.15, 0.2) is 5.11 Å². The number of halogens is 1. The molecule has 7 heteroatoms. The van der Waals surface area contributed by atoms with E-state index in [0.29, 0.717) is 35.3 Å². The summed E-state index contributed by atoms with van der Waals surface area (Å²) in [5.41, 5.74) is 2.17. The molecule has 0 aliphatic heterocycles. The smallest absolute Gasteiger partial charge is 0.253 e. The maximum atomic E-state index is 12.5. The van der Waals surface area contributed by atoms with E-state index >= 15 is 0 Å². The molecular formula is C19H20ClN3O2S. The molecule has 0 fully saturated rings. The molecule has 5 nitrogen and oxygen atoms in total. The second-order valence-electron chi connectivity index (χ2n) is 6.08. The van der Waals surface area contributed by atoms with Gasteiger partial charge in [0.25, 0.3) is 5.56 Å². The number of nitrogens with zero attached hydrogens (tertiary/aromatic N) is 1. The number of furan rings is 1. The minimum Gasteiger partial charge on any atom is -0.467 e. The van der Waals surface area contributed by atoms with E-state index in [2.05, 4.69) is 10.3 Å². The zero-order chi connectivity index (χ0) is 18.7. The molecule has 2 N–H and O–H groups in total. The van der Waals surface area contributed by atoms with Crippen LogP contribution in [0, 0.1) is 6.92 Å². The van der Waals surface area contributed by atoms with Gasteiger partial charge in [-0.15, -0.1) is 0 Å². The molecule has 0 atom stereocenters. The molecule has 0 saturated heterocycles. The van der Waals surface area contributed by atoms with Crippen LogP contribution in [0.1, 0.15) is 23.8 Å². The fourth-order valence-corrected chi connectivity index (χ4v) is 3.20. The summed E-state index contributed by atoms with van der Waals surface area (Å²) in [5.74, 6) is 0.782. The molecule has 26 heavy (non-hydrogen) atoms. The second-order valence-corrected chi connectivity index (χ2v) is 6.88. The highest BCUT2D eigenvalue weighted by atomic mass is 35.5. The Morgan fingerprint density at radius 1 is 1.35 bits per heavy atom. The number of nitrogens with one attached hydrogen (secondary N) is 2. The maximum absolute atomic E-state index is 12.5. The van der Waals surface area contributed by atoms with Crippen LogP contribution in [0.25, 0.3) is 10.9 Å². The predicted octanol–water partition coefficient (Wildman–Crippen LogP) is 3.98. The number of thiocarbonyl (C=S) groups is 1. The van der Waals surface area contributed by atoms with Crippen LogP contribution in [0.3, 0.4) is 0 Å². The Morgan fingerprint density at radius 3 is 2.85 bits per heavy atom. The highest BCUT2D eigenvalue weighted by Gasteiger charge is 2.15. The fourth-order valence-electron chi connectivity index (χ4n) is 2.76. The Hall–Kier alpha value is -2.31. The van der Waals surface area contributed by atoms with Gasteiger partial charge in [-0.25, -0.2) is 0 Å². The Balaban J connectivity index is 1.94. The number of hydrogen-bond acceptors (Lipinski definition) is 3. The summed E-state index contributed by atoms with van der Waals surface area (Å²) in [4.78, 5) is 17.4. The molecule has 0 radical (unpaired) electrons. The fraction of sp³-hybridized carbons (Fsp3) is 0.263. The number of rotatable bonds is 5. The van der Waals surface area contributed by atoms with E-state index < -0.39 is 0 Å². The molecule has 0 amide bonds. The van der Waals surface area contributed by atoms with E-state index in [9.17, 15) is 4.79 Å². The van der Waals surface area contributed by atoms with Crippen molar-refractivity contribution in [3.8, 4) is 0 Å². The Labute approximate surface area is 162 Å². The van der Waals surface area contributed by atoms with Crippen LogP contribution in [0.15, 0.2) is 45.8 Å². The zero-order valence-corrected chi connectivity index (χ0v) is 16.2. The second kappa shape index (κ2) is 7.93. The lowest BCUT2D eigenvalue weighted by Crippen LogP contribution is -2.39. The van der Waals surface area contributed by atoms with Crippen LogP contribution in [0.5, 0.6) is 0 Å². The van der Waals surface area contributed by atoms with E-state index in [1.54, 1.807) is 12.3 Å². The third-order valence-electron chi connectivity index (χ3n) is 4.10. The SMILES string of the molecule is CCNC(=S)N(Cc1ccco1)Cc1cc2cc(C)c(Cl)cc2[nH]c1=O. The van der Waals surface area contributed by atoms with Crippen LogP contribution in [0.2, 0.25) is 5.02 Å². The van der Waals surface area contributed by atoms with Crippen molar-refractivity contribution in [2.45, 2.75) is 26.9 Å². The van der Waals surface area contributed by atoms with Gasteiger partial charge in [-0.05, 0) is 67.3 Å². The van der Waals surface area contributed by atoms with E-state index in [1.165, 1.54) is 0 Å². The van der Waals surface area contributed by atoms with E-state index in [1.807, 2.05) is 43.0 Å². The Bertz CT molecular complexity index is 982. The molecule has 0 unspecified atom stereocenters. The van der Waals surface area contributed by atoms with Gasteiger partial charge in [0.1, 0.15) is 5.76 Å². The van der Waals surface area contributed by atoms with Gasteiger partial charge in [-0.2, -0.15) is 0 Å². The first-order chi connectivity index (χ1) is 12.5. The summed E-state index contributed by atoms with van der Waals surface area (Å²) in [5, 5.41) is 5.29. The largest absolute Gasteiger partial charge is 0.467 e. The predicted molar refractivity (Wildman–Crippen MR) is 109 cm³/mol. The van der Waals surface area contributed by atoms with Gasteiger partial charge < -0.3 is 19.6 Å². The quantitative estimate of drug-likeness (QED) is 0.646. The number of aromatic nitrogens is 1. The minimum absolute atomic E-state index is 0.152. The molecule has 1 aromatic carbocycles. The first-order valence-corrected chi connectivity index (χ1v) is 9.13. The molecule has 0 bridgehead atoms. The van der Waals surface area contributed by atoms with Crippen molar-refractivity contribution in [2.24, 2.45) is 0 Å². The molecule has 0 aliphatic rings. The van der Waals surface area contributed by atoms with Crippen LogP contribution in [-0.2, 0) is 13.1 Å². The number of pyridine rings is 1. The highest BCUT2D eigenvalue weighted by Crippen LogP contribution is 2.22. The van der Waals surface area contributed by atoms with Gasteiger partial charge in [0.05, 0.1) is 19.4 Å². The van der Waals surface area contributed by atoms with Gasteiger partial charge in [0.2, 0.25) is 0 Å². The maximum Gasteiger partial charge on any atom is 0.253 e. The zero-order valence-electron chi connectivity index (χ0n) is 14.6. The van der Waals surface area contributed by atoms with Gasteiger partial charge in [0, 0.05) is 22.6 Å². The van der Waals surface area contributed by atoms with Crippen molar-refractivity contribution in [3.05, 3.63) is 68.9 Å². The van der Waals surface area contributed by atoms with E-state index in [-0.39, 0.29) is 5.56 Å². The Morgan fingerprint density at radius 2 is 2.15 bits per heavy atom. The minimum atomic E-state index is -0.152. The molecule has 136 valence electrons. The molecule has 0 saturated carbocycles. The normalized spacial score (nSPS) is 10.9. The van der Waals surface area contributed by atoms with Crippen molar-refractivity contribution in [3.63, 3.8) is 0 Å². The number of aromatic amines is 1. The van der Waals surface area contributed by atoms with Crippen molar-refractivity contribution < 1.29 is 4.42 Å². The molecular weight excluding hydrogens is 370 g/mol. The highest BCUT2D eigenvalue weighted by molar-refractivity contribution is 7.80. The molecule has 2 heterocycles. The number of fused-ring (bicyclic) bond motifs is 1. The van der Waals surface area contributed by atoms with E-state index in [0.717, 1.165) is 22.2 Å². The third kappa shape index (κ3) is 4.08. The van der Waals surface area contributed by atoms with E-state index in [4.69, 9.17) is 28.2 Å². The summed E-state index contributed by atoms with van der Waals surface area (Å²) in [6.45, 7) is 5.48. The van der Waals surface area contributed by atoms with Gasteiger partial charge in [-0.1, -0.05) is 11.6 Å². The lowest BCUT2D eigenvalue weighted by atomic mass is 10.1. The van der Waals surface area contributed by atoms with Crippen molar-refractivity contribution in [1.29, 1.82) is 0 Å². The lowest BCUT2D eigenvalue weighted by molar-refractivity contribution is 0.351. The van der Waals surface area contributed by atoms with Crippen LogP contribution in [0.4, 0.5) is 0 Å². The van der Waals surface area contributed by atoms with Crippen LogP contribution >= 0.6 is 23.8 Å². The van der Waals surface area contributed by atoms with Crippen molar-refractivity contribution in [1.82, 2.24) is 15.2 Å². The molecule has 2 aromatic heterocycles. The van der Waals surface area contributed by atoms with Crippen molar-refractivity contribution >= 4 is 39.8 Å². The molecule has 3 rings (SSSR count). The molecule has 0 aliphatic carbocycles. The standard InChI is InChI=1S/C19H20ClN3O2S/c1-3-21-19(26)23(11-15-5-4-6-25-15)10-14-8-13-7-12(2)16(20)9-17(13)22-18(14)24/h4-9H,3,10-11H2,1-2H3,(H,21,26)(H,22,24). The third-order valence-corrected chi connectivity index (χ3v) is 4.91. The monoisotopic (exact) mass is 389 g/mol. The van der Waals surface area contributed by atoms with Crippen LogP contribution < -0.4 is 10.9 Å². The number of aryl methyl sites for hydroxylation is 1. The average molecular weight is 390 g/mol.